The van der Waals surface area contributed by atoms with Crippen LogP contribution in [0.5, 0.6) is 5.75 Å². The number of aliphatic imine (C=N–C) groups is 1. The van der Waals surface area contributed by atoms with E-state index in [1.165, 1.54) is 11.1 Å². The number of pyridine rings is 1. The minimum atomic E-state index is 0.155. The van der Waals surface area contributed by atoms with Crippen molar-refractivity contribution in [3.8, 4) is 5.75 Å². The minimum Gasteiger partial charge on any atom is -0.491 e. The maximum absolute atomic E-state index is 5.98. The number of aromatic nitrogens is 1. The van der Waals surface area contributed by atoms with E-state index in [-0.39, 0.29) is 6.10 Å². The maximum atomic E-state index is 5.98. The molecule has 2 aromatic rings. The van der Waals surface area contributed by atoms with Crippen molar-refractivity contribution in [2.75, 3.05) is 31.2 Å². The molecule has 0 atom stereocenters. The van der Waals surface area contributed by atoms with Gasteiger partial charge in [-0.05, 0) is 56.2 Å². The van der Waals surface area contributed by atoms with E-state index in [0.29, 0.717) is 0 Å². The van der Waals surface area contributed by atoms with Gasteiger partial charge in [-0.15, -0.1) is 0 Å². The Labute approximate surface area is 154 Å². The smallest absolute Gasteiger partial charge is 0.129 e. The lowest BCUT2D eigenvalue weighted by Crippen LogP contribution is -2.36. The van der Waals surface area contributed by atoms with Crippen molar-refractivity contribution in [3.63, 3.8) is 0 Å². The second-order valence-corrected chi connectivity index (χ2v) is 7.11. The summed E-state index contributed by atoms with van der Waals surface area (Å²) in [4.78, 5) is 11.6. The summed E-state index contributed by atoms with van der Waals surface area (Å²) in [6.45, 7) is 10.2. The second kappa shape index (κ2) is 7.08. The Hall–Kier alpha value is -2.40. The first-order chi connectivity index (χ1) is 12.6. The molecule has 0 radical (unpaired) electrons. The van der Waals surface area contributed by atoms with Gasteiger partial charge in [-0.2, -0.15) is 0 Å². The van der Waals surface area contributed by atoms with Crippen molar-refractivity contribution in [1.82, 2.24) is 4.98 Å². The van der Waals surface area contributed by atoms with Gasteiger partial charge in [0.25, 0.3) is 0 Å². The number of anilines is 1. The summed E-state index contributed by atoms with van der Waals surface area (Å²) in [5.74, 6) is 1.93. The molecule has 136 valence electrons. The third-order valence-corrected chi connectivity index (χ3v) is 4.78. The van der Waals surface area contributed by atoms with Gasteiger partial charge in [0.1, 0.15) is 11.6 Å². The largest absolute Gasteiger partial charge is 0.491 e. The summed E-state index contributed by atoms with van der Waals surface area (Å²) >= 11 is 0. The van der Waals surface area contributed by atoms with Gasteiger partial charge in [0.05, 0.1) is 31.6 Å². The Kier molecular flexibility index (Phi) is 4.64. The number of hydrogen-bond acceptors (Lipinski definition) is 5. The number of aryl methyl sites for hydroxylation is 1. The summed E-state index contributed by atoms with van der Waals surface area (Å²) in [5, 5.41) is 0. The molecule has 5 heteroatoms. The lowest BCUT2D eigenvalue weighted by molar-refractivity contribution is 0.122. The predicted octanol–water partition coefficient (Wildman–Crippen LogP) is 3.36. The molecule has 0 aliphatic carbocycles. The van der Waals surface area contributed by atoms with Crippen molar-refractivity contribution >= 4 is 11.5 Å². The van der Waals surface area contributed by atoms with Crippen LogP contribution in [0.15, 0.2) is 35.5 Å². The van der Waals surface area contributed by atoms with Gasteiger partial charge in [0.2, 0.25) is 0 Å². The van der Waals surface area contributed by atoms with Crippen molar-refractivity contribution in [2.24, 2.45) is 4.99 Å². The SMILES string of the molecule is Cc1cc2c(cc1OC(C)C)C(c1ccnc(N3CCOCC3)c1)=NC2. The number of nitrogens with zero attached hydrogens (tertiary/aromatic N) is 3. The Morgan fingerprint density at radius 3 is 2.73 bits per heavy atom. The molecule has 2 aliphatic heterocycles. The summed E-state index contributed by atoms with van der Waals surface area (Å²) in [6, 6.07) is 8.53. The highest BCUT2D eigenvalue weighted by atomic mass is 16.5. The third-order valence-electron chi connectivity index (χ3n) is 4.78. The first kappa shape index (κ1) is 17.0. The highest BCUT2D eigenvalue weighted by Gasteiger charge is 2.21. The predicted molar refractivity (Wildman–Crippen MR) is 104 cm³/mol. The fraction of sp³-hybridized carbons (Fsp3) is 0.429. The van der Waals surface area contributed by atoms with Crippen LogP contribution < -0.4 is 9.64 Å². The average Bonchev–Trinajstić information content (AvgIpc) is 3.05. The highest BCUT2D eigenvalue weighted by Crippen LogP contribution is 2.31. The molecule has 5 nitrogen and oxygen atoms in total. The first-order valence-corrected chi connectivity index (χ1v) is 9.26. The van der Waals surface area contributed by atoms with Crippen LogP contribution >= 0.6 is 0 Å². The van der Waals surface area contributed by atoms with Crippen LogP contribution in [0.2, 0.25) is 0 Å². The number of morpholine rings is 1. The number of ether oxygens (including phenoxy) is 2. The highest BCUT2D eigenvalue weighted by molar-refractivity contribution is 6.15. The minimum absolute atomic E-state index is 0.155. The van der Waals surface area contributed by atoms with E-state index in [1.807, 2.05) is 12.3 Å². The molecule has 0 amide bonds. The zero-order chi connectivity index (χ0) is 18.1. The van der Waals surface area contributed by atoms with Crippen molar-refractivity contribution in [1.29, 1.82) is 0 Å². The molecule has 1 saturated heterocycles. The first-order valence-electron chi connectivity index (χ1n) is 9.26. The van der Waals surface area contributed by atoms with E-state index in [1.54, 1.807) is 0 Å². The van der Waals surface area contributed by atoms with Crippen LogP contribution in [-0.2, 0) is 11.3 Å². The molecule has 1 aromatic heterocycles. The van der Waals surface area contributed by atoms with Gasteiger partial charge in [-0.3, -0.25) is 4.99 Å². The molecule has 2 aliphatic rings. The molecule has 0 unspecified atom stereocenters. The Morgan fingerprint density at radius 1 is 1.15 bits per heavy atom. The van der Waals surface area contributed by atoms with Crippen LogP contribution in [0, 0.1) is 6.92 Å². The number of hydrogen-bond donors (Lipinski definition) is 0. The summed E-state index contributed by atoms with van der Waals surface area (Å²) in [5.41, 5.74) is 5.74. The van der Waals surface area contributed by atoms with Gasteiger partial charge in [-0.1, -0.05) is 0 Å². The summed E-state index contributed by atoms with van der Waals surface area (Å²) < 4.78 is 11.4. The van der Waals surface area contributed by atoms with Crippen LogP contribution in [0.1, 0.15) is 36.1 Å². The Balaban J connectivity index is 1.66. The van der Waals surface area contributed by atoms with Crippen LogP contribution in [0.3, 0.4) is 0 Å². The van der Waals surface area contributed by atoms with Gasteiger partial charge in [0.15, 0.2) is 0 Å². The van der Waals surface area contributed by atoms with Crippen molar-refractivity contribution < 1.29 is 9.47 Å². The molecule has 4 rings (SSSR count). The molecule has 1 aromatic carbocycles. The lowest BCUT2D eigenvalue weighted by Gasteiger charge is -2.28. The molecule has 26 heavy (non-hydrogen) atoms. The average molecular weight is 351 g/mol. The molecule has 0 spiro atoms. The van der Waals surface area contributed by atoms with Crippen LogP contribution in [-0.4, -0.2) is 43.1 Å². The summed E-state index contributed by atoms with van der Waals surface area (Å²) in [6.07, 6.45) is 2.03. The zero-order valence-corrected chi connectivity index (χ0v) is 15.7. The van der Waals surface area contributed by atoms with E-state index in [2.05, 4.69) is 48.9 Å². The normalized spacial score (nSPS) is 16.6. The molecule has 1 fully saturated rings. The lowest BCUT2D eigenvalue weighted by atomic mass is 9.98. The molecule has 0 bridgehead atoms. The van der Waals surface area contributed by atoms with E-state index in [4.69, 9.17) is 14.5 Å². The number of rotatable bonds is 4. The van der Waals surface area contributed by atoms with E-state index >= 15 is 0 Å². The third kappa shape index (κ3) is 3.31. The van der Waals surface area contributed by atoms with Crippen LogP contribution in [0.4, 0.5) is 5.82 Å². The van der Waals surface area contributed by atoms with Crippen LogP contribution in [0.25, 0.3) is 0 Å². The van der Waals surface area contributed by atoms with Crippen molar-refractivity contribution in [2.45, 2.75) is 33.4 Å². The number of benzene rings is 1. The molecular weight excluding hydrogens is 326 g/mol. The maximum Gasteiger partial charge on any atom is 0.129 e. The second-order valence-electron chi connectivity index (χ2n) is 7.11. The van der Waals surface area contributed by atoms with E-state index < -0.39 is 0 Å². The zero-order valence-electron chi connectivity index (χ0n) is 15.7. The monoisotopic (exact) mass is 351 g/mol. The van der Waals surface area contributed by atoms with Gasteiger partial charge in [-0.25, -0.2) is 4.98 Å². The summed E-state index contributed by atoms with van der Waals surface area (Å²) in [7, 11) is 0. The fourth-order valence-electron chi connectivity index (χ4n) is 3.51. The molecular formula is C21H25N3O2. The molecule has 0 N–H and O–H groups in total. The topological polar surface area (TPSA) is 47.0 Å². The fourth-order valence-corrected chi connectivity index (χ4v) is 3.51. The van der Waals surface area contributed by atoms with Crippen molar-refractivity contribution in [3.05, 3.63) is 52.7 Å². The van der Waals surface area contributed by atoms with Gasteiger partial charge < -0.3 is 14.4 Å². The van der Waals surface area contributed by atoms with Gasteiger partial charge >= 0.3 is 0 Å². The van der Waals surface area contributed by atoms with Gasteiger partial charge in [0, 0.05) is 30.4 Å². The van der Waals surface area contributed by atoms with E-state index in [9.17, 15) is 0 Å². The Bertz CT molecular complexity index is 839. The standard InChI is InChI=1S/C21H25N3O2/c1-14(2)26-19-12-18-17(10-15(19)3)13-23-21(18)16-4-5-22-20(11-16)24-6-8-25-9-7-24/h4-5,10-12,14H,6-9,13H2,1-3H3. The Morgan fingerprint density at radius 2 is 1.96 bits per heavy atom. The quantitative estimate of drug-likeness (QED) is 0.847. The molecule has 0 saturated carbocycles. The molecule has 3 heterocycles. The van der Waals surface area contributed by atoms with E-state index in [0.717, 1.165) is 61.3 Å². The number of fused-ring (bicyclic) bond motifs is 1.